The van der Waals surface area contributed by atoms with Crippen molar-refractivity contribution in [1.29, 1.82) is 0 Å². The molecule has 25 heavy (non-hydrogen) atoms. The maximum atomic E-state index is 12.3. The van der Waals surface area contributed by atoms with Gasteiger partial charge < -0.3 is 9.64 Å². The maximum Gasteiger partial charge on any atom is 0.246 e. The van der Waals surface area contributed by atoms with Gasteiger partial charge in [0.05, 0.1) is 0 Å². The molecule has 1 aliphatic heterocycles. The summed E-state index contributed by atoms with van der Waals surface area (Å²) in [5.74, 6) is 0.912. The fourth-order valence-electron chi connectivity index (χ4n) is 3.01. The lowest BCUT2D eigenvalue weighted by Crippen LogP contribution is -2.41. The molecule has 2 heterocycles. The van der Waals surface area contributed by atoms with Gasteiger partial charge >= 0.3 is 0 Å². The molecule has 2 aromatic rings. The maximum absolute atomic E-state index is 12.3. The highest BCUT2D eigenvalue weighted by molar-refractivity contribution is 5.92. The first-order chi connectivity index (χ1) is 12.2. The Morgan fingerprint density at radius 3 is 2.68 bits per heavy atom. The molecule has 0 unspecified atom stereocenters. The van der Waals surface area contributed by atoms with Crippen LogP contribution in [-0.2, 0) is 11.4 Å². The van der Waals surface area contributed by atoms with E-state index in [0.29, 0.717) is 12.6 Å². The van der Waals surface area contributed by atoms with Crippen LogP contribution < -0.4 is 4.74 Å². The van der Waals surface area contributed by atoms with E-state index in [1.807, 2.05) is 47.4 Å². The third-order valence-corrected chi connectivity index (χ3v) is 4.54. The molecule has 1 atom stereocenters. The molecule has 1 amide bonds. The minimum Gasteiger partial charge on any atom is -0.489 e. The Labute approximate surface area is 149 Å². The number of likely N-dealkylation sites (tertiary alicyclic amines) is 1. The van der Waals surface area contributed by atoms with Crippen LogP contribution in [0.2, 0.25) is 0 Å². The number of carbonyl (C=O) groups is 1. The normalized spacial score (nSPS) is 17.6. The summed E-state index contributed by atoms with van der Waals surface area (Å²) in [5, 5.41) is 0. The van der Waals surface area contributed by atoms with E-state index in [-0.39, 0.29) is 5.91 Å². The highest BCUT2D eigenvalue weighted by Crippen LogP contribution is 2.18. The summed E-state index contributed by atoms with van der Waals surface area (Å²) in [6.45, 7) is 3.51. The summed E-state index contributed by atoms with van der Waals surface area (Å²) < 4.78 is 5.75. The Morgan fingerprint density at radius 2 is 1.96 bits per heavy atom. The van der Waals surface area contributed by atoms with E-state index in [2.05, 4.69) is 11.9 Å². The lowest BCUT2D eigenvalue weighted by Gasteiger charge is -2.32. The van der Waals surface area contributed by atoms with Gasteiger partial charge in [0.1, 0.15) is 12.4 Å². The summed E-state index contributed by atoms with van der Waals surface area (Å²) in [4.78, 5) is 18.3. The Balaban J connectivity index is 1.54. The number of hydrogen-bond donors (Lipinski definition) is 0. The Morgan fingerprint density at radius 1 is 1.20 bits per heavy atom. The molecule has 0 aliphatic carbocycles. The van der Waals surface area contributed by atoms with Gasteiger partial charge in [-0.2, -0.15) is 0 Å². The lowest BCUT2D eigenvalue weighted by atomic mass is 10.0. The molecule has 0 N–H and O–H groups in total. The molecule has 1 saturated heterocycles. The van der Waals surface area contributed by atoms with Crippen LogP contribution in [0.3, 0.4) is 0 Å². The van der Waals surface area contributed by atoms with Crippen LogP contribution in [0.15, 0.2) is 54.9 Å². The molecule has 130 valence electrons. The van der Waals surface area contributed by atoms with Gasteiger partial charge in [0, 0.05) is 31.1 Å². The number of amides is 1. The molecule has 4 heteroatoms. The molecule has 0 radical (unpaired) electrons. The van der Waals surface area contributed by atoms with Crippen LogP contribution in [0, 0.1) is 0 Å². The number of rotatable bonds is 5. The zero-order valence-corrected chi connectivity index (χ0v) is 14.6. The highest BCUT2D eigenvalue weighted by atomic mass is 16.5. The molecule has 0 bridgehead atoms. The second-order valence-electron chi connectivity index (χ2n) is 6.42. The first kappa shape index (κ1) is 17.2. The molecule has 1 aliphatic rings. The van der Waals surface area contributed by atoms with Crippen LogP contribution in [0.4, 0.5) is 0 Å². The van der Waals surface area contributed by atoms with Gasteiger partial charge in [-0.05, 0) is 67.7 Å². The van der Waals surface area contributed by atoms with Gasteiger partial charge in [-0.15, -0.1) is 0 Å². The number of pyridine rings is 1. The third kappa shape index (κ3) is 4.92. The van der Waals surface area contributed by atoms with Gasteiger partial charge in [-0.3, -0.25) is 9.78 Å². The quantitative estimate of drug-likeness (QED) is 0.773. The van der Waals surface area contributed by atoms with E-state index in [9.17, 15) is 4.79 Å². The van der Waals surface area contributed by atoms with Crippen molar-refractivity contribution in [3.63, 3.8) is 0 Å². The van der Waals surface area contributed by atoms with Crippen molar-refractivity contribution in [1.82, 2.24) is 9.88 Å². The number of piperidine rings is 1. The first-order valence-corrected chi connectivity index (χ1v) is 8.83. The van der Waals surface area contributed by atoms with E-state index in [4.69, 9.17) is 4.74 Å². The monoisotopic (exact) mass is 336 g/mol. The second-order valence-corrected chi connectivity index (χ2v) is 6.42. The van der Waals surface area contributed by atoms with Crippen molar-refractivity contribution in [3.8, 4) is 5.75 Å². The zero-order valence-electron chi connectivity index (χ0n) is 14.6. The van der Waals surface area contributed by atoms with Gasteiger partial charge in [0.15, 0.2) is 0 Å². The van der Waals surface area contributed by atoms with E-state index in [1.54, 1.807) is 18.5 Å². The first-order valence-electron chi connectivity index (χ1n) is 8.83. The van der Waals surface area contributed by atoms with Gasteiger partial charge in [0.25, 0.3) is 0 Å². The zero-order chi connectivity index (χ0) is 17.5. The van der Waals surface area contributed by atoms with E-state index >= 15 is 0 Å². The van der Waals surface area contributed by atoms with Crippen molar-refractivity contribution < 1.29 is 9.53 Å². The van der Waals surface area contributed by atoms with Crippen molar-refractivity contribution in [2.75, 3.05) is 6.54 Å². The average molecular weight is 336 g/mol. The van der Waals surface area contributed by atoms with E-state index in [1.165, 1.54) is 6.42 Å². The molecular weight excluding hydrogens is 312 g/mol. The third-order valence-electron chi connectivity index (χ3n) is 4.54. The van der Waals surface area contributed by atoms with Crippen LogP contribution >= 0.6 is 0 Å². The lowest BCUT2D eigenvalue weighted by molar-refractivity contribution is -0.129. The Hall–Kier alpha value is -2.62. The molecule has 3 rings (SSSR count). The molecule has 1 aromatic carbocycles. The molecule has 1 fully saturated rings. The largest absolute Gasteiger partial charge is 0.489 e. The van der Waals surface area contributed by atoms with Gasteiger partial charge in [0.2, 0.25) is 5.91 Å². The van der Waals surface area contributed by atoms with Crippen LogP contribution in [0.5, 0.6) is 5.75 Å². The predicted molar refractivity (Wildman–Crippen MR) is 99.1 cm³/mol. The van der Waals surface area contributed by atoms with Gasteiger partial charge in [-0.1, -0.05) is 12.1 Å². The number of ether oxygens (including phenoxy) is 1. The topological polar surface area (TPSA) is 42.4 Å². The number of hydrogen-bond acceptors (Lipinski definition) is 3. The van der Waals surface area contributed by atoms with Crippen LogP contribution in [0.1, 0.15) is 37.3 Å². The minimum absolute atomic E-state index is 0.102. The number of aromatic nitrogens is 1. The number of benzene rings is 1. The molecule has 0 saturated carbocycles. The standard InChI is InChI=1S/C21H24N2O2/c1-17-4-2-3-15-23(17)21(24)10-7-18-5-8-20(9-6-18)25-16-19-11-13-22-14-12-19/h5-14,17H,2-4,15-16H2,1H3/b10-7+/t17-/m1/s1. The minimum atomic E-state index is 0.102. The van der Waals surface area contributed by atoms with Crippen molar-refractivity contribution >= 4 is 12.0 Å². The predicted octanol–water partition coefficient (Wildman–Crippen LogP) is 4.07. The van der Waals surface area contributed by atoms with Crippen molar-refractivity contribution in [2.24, 2.45) is 0 Å². The summed E-state index contributed by atoms with van der Waals surface area (Å²) in [5.41, 5.74) is 2.08. The molecule has 0 spiro atoms. The second kappa shape index (κ2) is 8.47. The summed E-state index contributed by atoms with van der Waals surface area (Å²) in [7, 11) is 0. The van der Waals surface area contributed by atoms with Crippen LogP contribution in [-0.4, -0.2) is 28.4 Å². The molecular formula is C21H24N2O2. The van der Waals surface area contributed by atoms with Gasteiger partial charge in [-0.25, -0.2) is 0 Å². The van der Waals surface area contributed by atoms with Crippen molar-refractivity contribution in [3.05, 3.63) is 66.0 Å². The SMILES string of the molecule is C[C@@H]1CCCCN1C(=O)/C=C/c1ccc(OCc2ccncc2)cc1. The van der Waals surface area contributed by atoms with Crippen LogP contribution in [0.25, 0.3) is 6.08 Å². The molecule has 1 aromatic heterocycles. The average Bonchev–Trinajstić information content (AvgIpc) is 2.66. The number of carbonyl (C=O) groups excluding carboxylic acids is 1. The highest BCUT2D eigenvalue weighted by Gasteiger charge is 2.21. The fourth-order valence-corrected chi connectivity index (χ4v) is 3.01. The smallest absolute Gasteiger partial charge is 0.246 e. The molecule has 4 nitrogen and oxygen atoms in total. The Kier molecular flexibility index (Phi) is 5.83. The Bertz CT molecular complexity index is 710. The van der Waals surface area contributed by atoms with E-state index < -0.39 is 0 Å². The summed E-state index contributed by atoms with van der Waals surface area (Å²) in [6, 6.07) is 12.0. The number of nitrogens with zero attached hydrogens (tertiary/aromatic N) is 2. The summed E-state index contributed by atoms with van der Waals surface area (Å²) >= 11 is 0. The van der Waals surface area contributed by atoms with Crippen molar-refractivity contribution in [2.45, 2.75) is 38.8 Å². The fraction of sp³-hybridized carbons (Fsp3) is 0.333. The summed E-state index contributed by atoms with van der Waals surface area (Å²) in [6.07, 6.45) is 10.5. The van der Waals surface area contributed by atoms with E-state index in [0.717, 1.165) is 36.3 Å².